The molecule has 2 atom stereocenters. The first-order valence-electron chi connectivity index (χ1n) is 7.78. The van der Waals surface area contributed by atoms with Crippen molar-refractivity contribution in [2.75, 3.05) is 14.1 Å². The summed E-state index contributed by atoms with van der Waals surface area (Å²) in [5.74, 6) is 1.59. The van der Waals surface area contributed by atoms with E-state index in [1.165, 1.54) is 32.1 Å². The molecule has 4 aliphatic carbocycles. The van der Waals surface area contributed by atoms with Crippen LogP contribution in [0, 0.1) is 5.41 Å². The fourth-order valence-corrected chi connectivity index (χ4v) is 5.72. The summed E-state index contributed by atoms with van der Waals surface area (Å²) < 4.78 is 0. The summed E-state index contributed by atoms with van der Waals surface area (Å²) in [5.41, 5.74) is 4.38. The van der Waals surface area contributed by atoms with E-state index in [-0.39, 0.29) is 0 Å². The van der Waals surface area contributed by atoms with Crippen LogP contribution in [0.5, 0.6) is 0 Å². The average Bonchev–Trinajstić information content (AvgIpc) is 2.50. The minimum atomic E-state index is 0.458. The fraction of sp³-hybridized carbons (Fsp3) is 0.667. The molecule has 1 aromatic rings. The van der Waals surface area contributed by atoms with Gasteiger partial charge in [-0.3, -0.25) is 0 Å². The summed E-state index contributed by atoms with van der Waals surface area (Å²) in [6.45, 7) is 2.55. The highest BCUT2D eigenvalue weighted by Gasteiger charge is 2.55. The van der Waals surface area contributed by atoms with Crippen LogP contribution < -0.4 is 0 Å². The first-order chi connectivity index (χ1) is 9.01. The van der Waals surface area contributed by atoms with Crippen LogP contribution in [0.2, 0.25) is 0 Å². The van der Waals surface area contributed by atoms with Crippen LogP contribution in [0.25, 0.3) is 0 Å². The first kappa shape index (κ1) is 12.0. The van der Waals surface area contributed by atoms with Crippen molar-refractivity contribution >= 4 is 0 Å². The van der Waals surface area contributed by atoms with Crippen molar-refractivity contribution in [3.05, 3.63) is 35.4 Å². The second kappa shape index (κ2) is 3.63. The van der Waals surface area contributed by atoms with Crippen molar-refractivity contribution in [3.8, 4) is 0 Å². The van der Waals surface area contributed by atoms with Gasteiger partial charge in [-0.1, -0.05) is 31.2 Å². The Morgan fingerprint density at radius 2 is 1.47 bits per heavy atom. The maximum absolute atomic E-state index is 2.55. The van der Waals surface area contributed by atoms with Gasteiger partial charge in [-0.2, -0.15) is 0 Å². The van der Waals surface area contributed by atoms with Gasteiger partial charge < -0.3 is 4.90 Å². The van der Waals surface area contributed by atoms with Crippen molar-refractivity contribution in [1.82, 2.24) is 4.90 Å². The lowest BCUT2D eigenvalue weighted by atomic mass is 9.55. The van der Waals surface area contributed by atoms with Gasteiger partial charge in [0.25, 0.3) is 0 Å². The zero-order valence-electron chi connectivity index (χ0n) is 12.4. The third-order valence-corrected chi connectivity index (χ3v) is 6.31. The van der Waals surface area contributed by atoms with E-state index >= 15 is 0 Å². The van der Waals surface area contributed by atoms with Gasteiger partial charge in [0.2, 0.25) is 0 Å². The lowest BCUT2D eigenvalue weighted by Crippen LogP contribution is -2.55. The number of nitrogens with zero attached hydrogens (tertiary/aromatic N) is 1. The molecule has 1 aromatic carbocycles. The molecule has 19 heavy (non-hydrogen) atoms. The summed E-state index contributed by atoms with van der Waals surface area (Å²) in [4.78, 5) is 2.55. The van der Waals surface area contributed by atoms with Gasteiger partial charge in [-0.15, -0.1) is 0 Å². The minimum absolute atomic E-state index is 0.458. The zero-order chi connectivity index (χ0) is 13.3. The molecular weight excluding hydrogens is 230 g/mol. The molecular formula is C18H25N. The summed E-state index contributed by atoms with van der Waals surface area (Å²) in [5, 5.41) is 0. The number of hydrogen-bond donors (Lipinski definition) is 0. The lowest BCUT2D eigenvalue weighted by Gasteiger charge is -2.56. The van der Waals surface area contributed by atoms with Gasteiger partial charge in [0.1, 0.15) is 0 Å². The Kier molecular flexibility index (Phi) is 2.29. The molecule has 0 amide bonds. The van der Waals surface area contributed by atoms with Crippen molar-refractivity contribution in [2.24, 2.45) is 5.41 Å². The normalized spacial score (nSPS) is 43.4. The molecule has 0 radical (unpaired) electrons. The van der Waals surface area contributed by atoms with Gasteiger partial charge in [0.05, 0.1) is 0 Å². The van der Waals surface area contributed by atoms with Crippen molar-refractivity contribution < 1.29 is 0 Å². The monoisotopic (exact) mass is 255 g/mol. The molecule has 2 fully saturated rings. The van der Waals surface area contributed by atoms with Crippen molar-refractivity contribution in [3.63, 3.8) is 0 Å². The molecule has 102 valence electrons. The average molecular weight is 255 g/mol. The summed E-state index contributed by atoms with van der Waals surface area (Å²) in [6.07, 6.45) is 6.99. The van der Waals surface area contributed by atoms with Gasteiger partial charge in [-0.05, 0) is 74.6 Å². The van der Waals surface area contributed by atoms with Gasteiger partial charge >= 0.3 is 0 Å². The molecule has 0 aromatic heterocycles. The van der Waals surface area contributed by atoms with E-state index in [0.29, 0.717) is 11.0 Å². The Hall–Kier alpha value is -0.820. The molecule has 2 unspecified atom stereocenters. The Labute approximate surface area is 117 Å². The third kappa shape index (κ3) is 1.57. The maximum atomic E-state index is 2.55. The molecule has 5 rings (SSSR count). The predicted molar refractivity (Wildman–Crippen MR) is 79.5 cm³/mol. The first-order valence-corrected chi connectivity index (χ1v) is 7.78. The van der Waals surface area contributed by atoms with Gasteiger partial charge in [0.15, 0.2) is 0 Å². The van der Waals surface area contributed by atoms with Crippen LogP contribution in [0.1, 0.15) is 62.0 Å². The SMILES string of the molecule is CN(C)C12CC3CC(C)(CC(C1)c1ccccc13)C2. The van der Waals surface area contributed by atoms with Crippen LogP contribution in [0.4, 0.5) is 0 Å². The second-order valence-electron chi connectivity index (χ2n) is 7.95. The molecule has 0 spiro atoms. The zero-order valence-corrected chi connectivity index (χ0v) is 12.4. The summed E-state index contributed by atoms with van der Waals surface area (Å²) >= 11 is 0. The molecule has 0 heterocycles. The molecule has 4 aliphatic rings. The molecule has 0 saturated heterocycles. The number of hydrogen-bond acceptors (Lipinski definition) is 1. The van der Waals surface area contributed by atoms with E-state index < -0.39 is 0 Å². The van der Waals surface area contributed by atoms with Crippen molar-refractivity contribution in [1.29, 1.82) is 0 Å². The molecule has 0 aliphatic heterocycles. The Morgan fingerprint density at radius 3 is 1.95 bits per heavy atom. The molecule has 1 nitrogen and oxygen atoms in total. The molecule has 4 bridgehead atoms. The topological polar surface area (TPSA) is 3.24 Å². The smallest absolute Gasteiger partial charge is 0.0220 e. The fourth-order valence-electron chi connectivity index (χ4n) is 5.72. The van der Waals surface area contributed by atoms with Crippen LogP contribution in [-0.4, -0.2) is 24.5 Å². The summed E-state index contributed by atoms with van der Waals surface area (Å²) in [7, 11) is 4.61. The van der Waals surface area contributed by atoms with E-state index in [9.17, 15) is 0 Å². The van der Waals surface area contributed by atoms with E-state index in [1.54, 1.807) is 11.1 Å². The molecule has 0 N–H and O–H groups in total. The second-order valence-corrected chi connectivity index (χ2v) is 7.95. The Bertz CT molecular complexity index is 481. The van der Waals surface area contributed by atoms with E-state index in [4.69, 9.17) is 0 Å². The van der Waals surface area contributed by atoms with E-state index in [1.807, 2.05) is 0 Å². The number of rotatable bonds is 1. The maximum Gasteiger partial charge on any atom is 0.0220 e. The third-order valence-electron chi connectivity index (χ3n) is 6.31. The standard InChI is InChI=1S/C18H25N/c1-17-8-13-10-18(12-17,19(2)3)11-14(9-17)16-7-5-4-6-15(13)16/h4-7,13-14H,8-12H2,1-3H3. The van der Waals surface area contributed by atoms with Crippen LogP contribution in [0.3, 0.4) is 0 Å². The predicted octanol–water partition coefficient (Wildman–Crippen LogP) is 4.15. The highest BCUT2D eigenvalue weighted by atomic mass is 15.2. The highest BCUT2D eigenvalue weighted by Crippen LogP contribution is 2.63. The molecule has 1 heteroatoms. The van der Waals surface area contributed by atoms with Crippen molar-refractivity contribution in [2.45, 2.75) is 56.4 Å². The van der Waals surface area contributed by atoms with Crippen LogP contribution in [-0.2, 0) is 0 Å². The summed E-state index contributed by atoms with van der Waals surface area (Å²) in [6, 6.07) is 9.32. The quantitative estimate of drug-likeness (QED) is 0.728. The van der Waals surface area contributed by atoms with E-state index in [0.717, 1.165) is 11.8 Å². The molecule has 2 saturated carbocycles. The van der Waals surface area contributed by atoms with Gasteiger partial charge in [0, 0.05) is 5.54 Å². The van der Waals surface area contributed by atoms with E-state index in [2.05, 4.69) is 50.2 Å². The number of benzene rings is 1. The Morgan fingerprint density at radius 1 is 0.947 bits per heavy atom. The van der Waals surface area contributed by atoms with Gasteiger partial charge in [-0.25, -0.2) is 0 Å². The van der Waals surface area contributed by atoms with Crippen LogP contribution >= 0.6 is 0 Å². The minimum Gasteiger partial charge on any atom is -0.304 e. The Balaban J connectivity index is 1.90. The van der Waals surface area contributed by atoms with Crippen LogP contribution in [0.15, 0.2) is 24.3 Å². The lowest BCUT2D eigenvalue weighted by molar-refractivity contribution is -0.0283. The highest BCUT2D eigenvalue weighted by molar-refractivity contribution is 5.39. The largest absolute Gasteiger partial charge is 0.304 e.